The molecule has 1 aromatic heterocycles. The summed E-state index contributed by atoms with van der Waals surface area (Å²) in [5, 5.41) is 16.5. The van der Waals surface area contributed by atoms with Crippen molar-refractivity contribution in [3.8, 4) is 0 Å². The molecule has 0 radical (unpaired) electrons. The highest BCUT2D eigenvalue weighted by atomic mass is 35.5. The Kier molecular flexibility index (Phi) is 6.44. The second-order valence-electron chi connectivity index (χ2n) is 10.8. The van der Waals surface area contributed by atoms with Crippen LogP contribution in [-0.2, 0) is 4.79 Å². The number of nitrogens with one attached hydrogen (secondary N) is 2. The fourth-order valence-corrected chi connectivity index (χ4v) is 6.70. The van der Waals surface area contributed by atoms with E-state index in [2.05, 4.69) is 20.6 Å². The molecule has 36 heavy (non-hydrogen) atoms. The van der Waals surface area contributed by atoms with Crippen LogP contribution in [0, 0.1) is 36.8 Å². The van der Waals surface area contributed by atoms with Gasteiger partial charge in [0, 0.05) is 23.2 Å². The van der Waals surface area contributed by atoms with Crippen molar-refractivity contribution in [1.82, 2.24) is 15.3 Å². The number of fused-ring (bicyclic) bond motifs is 2. The van der Waals surface area contributed by atoms with Crippen molar-refractivity contribution in [2.75, 3.05) is 5.32 Å². The number of hydrogen-bond acceptors (Lipinski definition) is 5. The lowest BCUT2D eigenvalue weighted by atomic mass is 9.74. The molecule has 3 aliphatic carbocycles. The summed E-state index contributed by atoms with van der Waals surface area (Å²) in [6.45, 7) is 3.61. The number of hydrogen-bond donors (Lipinski definition) is 3. The molecule has 0 unspecified atom stereocenters. The van der Waals surface area contributed by atoms with E-state index >= 15 is 13.2 Å². The maximum atomic E-state index is 15.2. The molecule has 3 N–H and O–H groups in total. The van der Waals surface area contributed by atoms with Crippen molar-refractivity contribution < 1.29 is 23.1 Å². The van der Waals surface area contributed by atoms with Crippen molar-refractivity contribution in [2.24, 2.45) is 11.3 Å². The predicted molar refractivity (Wildman–Crippen MR) is 129 cm³/mol. The van der Waals surface area contributed by atoms with Crippen molar-refractivity contribution in [3.05, 3.63) is 51.9 Å². The molecule has 1 aromatic carbocycles. The maximum Gasteiger partial charge on any atom is 0.223 e. The Morgan fingerprint density at radius 3 is 2.53 bits per heavy atom. The average molecular weight is 523 g/mol. The van der Waals surface area contributed by atoms with Crippen LogP contribution < -0.4 is 10.6 Å². The summed E-state index contributed by atoms with van der Waals surface area (Å²) < 4.78 is 45.3. The van der Waals surface area contributed by atoms with Gasteiger partial charge in [0.2, 0.25) is 5.91 Å². The summed E-state index contributed by atoms with van der Waals surface area (Å²) in [6.07, 6.45) is 1.25. The highest BCUT2D eigenvalue weighted by molar-refractivity contribution is 6.30. The van der Waals surface area contributed by atoms with Gasteiger partial charge in [-0.2, -0.15) is 0 Å². The van der Waals surface area contributed by atoms with Gasteiger partial charge < -0.3 is 15.7 Å². The van der Waals surface area contributed by atoms with E-state index < -0.39 is 52.7 Å². The van der Waals surface area contributed by atoms with Crippen LogP contribution in [0.15, 0.2) is 18.2 Å². The first-order valence-corrected chi connectivity index (χ1v) is 12.8. The van der Waals surface area contributed by atoms with Gasteiger partial charge >= 0.3 is 0 Å². The van der Waals surface area contributed by atoms with Crippen LogP contribution >= 0.6 is 11.6 Å². The van der Waals surface area contributed by atoms with Gasteiger partial charge in [-0.3, -0.25) is 4.79 Å². The molecule has 194 valence electrons. The van der Waals surface area contributed by atoms with E-state index in [1.165, 1.54) is 0 Å². The van der Waals surface area contributed by atoms with E-state index in [1.807, 2.05) is 6.92 Å². The molecule has 0 aliphatic heterocycles. The predicted octanol–water partition coefficient (Wildman–Crippen LogP) is 5.11. The quantitative estimate of drug-likeness (QED) is 0.459. The number of aryl methyl sites for hydroxylation is 2. The number of aliphatic hydroxyl groups excluding tert-OH is 1. The Morgan fingerprint density at radius 2 is 1.89 bits per heavy atom. The number of anilines is 1. The van der Waals surface area contributed by atoms with E-state index in [0.29, 0.717) is 43.7 Å². The number of rotatable bonds is 6. The minimum atomic E-state index is -1.37. The number of carbonyl (C=O) groups is 1. The van der Waals surface area contributed by atoms with Gasteiger partial charge in [0.05, 0.1) is 23.2 Å². The van der Waals surface area contributed by atoms with E-state index in [4.69, 9.17) is 11.6 Å². The van der Waals surface area contributed by atoms with Crippen molar-refractivity contribution >= 4 is 23.3 Å². The van der Waals surface area contributed by atoms with Gasteiger partial charge in [-0.25, -0.2) is 23.1 Å². The summed E-state index contributed by atoms with van der Waals surface area (Å²) in [7, 11) is 0. The third-order valence-electron chi connectivity index (χ3n) is 8.28. The zero-order chi connectivity index (χ0) is 25.8. The van der Waals surface area contributed by atoms with E-state index in [-0.39, 0.29) is 23.4 Å². The van der Waals surface area contributed by atoms with Gasteiger partial charge in [-0.15, -0.1) is 0 Å². The Labute approximate surface area is 213 Å². The Balaban J connectivity index is 1.38. The number of aliphatic hydroxyl groups is 1. The molecule has 10 heteroatoms. The normalized spacial score (nSPS) is 32.0. The van der Waals surface area contributed by atoms with Gasteiger partial charge in [0.1, 0.15) is 28.9 Å². The molecule has 1 heterocycles. The topological polar surface area (TPSA) is 87.1 Å². The molecule has 0 spiro atoms. The second-order valence-corrected chi connectivity index (χ2v) is 11.2. The molecule has 0 saturated heterocycles. The highest BCUT2D eigenvalue weighted by Gasteiger charge is 2.59. The first-order chi connectivity index (χ1) is 17.0. The molecule has 3 saturated carbocycles. The molecule has 5 rings (SSSR count). The van der Waals surface area contributed by atoms with Crippen LogP contribution in [0.3, 0.4) is 0 Å². The van der Waals surface area contributed by atoms with Crippen LogP contribution in [0.1, 0.15) is 68.1 Å². The first kappa shape index (κ1) is 25.3. The lowest BCUT2D eigenvalue weighted by Gasteiger charge is -2.37. The summed E-state index contributed by atoms with van der Waals surface area (Å²) >= 11 is 5.98. The monoisotopic (exact) mass is 522 g/mol. The molecular weight excluding hydrogens is 493 g/mol. The van der Waals surface area contributed by atoms with Crippen molar-refractivity contribution in [2.45, 2.75) is 82.6 Å². The van der Waals surface area contributed by atoms with Gasteiger partial charge in [-0.1, -0.05) is 11.6 Å². The van der Waals surface area contributed by atoms with E-state index in [9.17, 15) is 9.90 Å². The number of carbonyl (C=O) groups excluding carboxylic acids is 1. The summed E-state index contributed by atoms with van der Waals surface area (Å²) in [5.41, 5.74) is -1.71. The summed E-state index contributed by atoms with van der Waals surface area (Å²) in [4.78, 5) is 22.0. The molecule has 2 bridgehead atoms. The third kappa shape index (κ3) is 4.56. The lowest BCUT2D eigenvalue weighted by Crippen LogP contribution is -2.42. The molecule has 3 fully saturated rings. The standard InChI is InChI=1S/C26H30ClF3N4O2/c1-13-9-20(32-14(2)31-13)33-18-10-15(11-19(18)35)24(36)34-23(21-17(28)4-3-16(27)22(21)29)25-5-7-26(30,12-25)8-6-25/h3-4,9,15,18-19,23,35H,5-8,10-12H2,1-2H3,(H,34,36)(H,31,32,33)/t15-,18-,19+,23+,25?,26?/m0/s1. The Hall–Kier alpha value is -2.39. The van der Waals surface area contributed by atoms with Gasteiger partial charge in [0.15, 0.2) is 0 Å². The van der Waals surface area contributed by atoms with Gasteiger partial charge in [0.25, 0.3) is 0 Å². The smallest absolute Gasteiger partial charge is 0.223 e. The molecule has 2 aromatic rings. The number of nitrogens with zero attached hydrogens (tertiary/aromatic N) is 2. The minimum Gasteiger partial charge on any atom is -0.391 e. The fraction of sp³-hybridized carbons (Fsp3) is 0.577. The minimum absolute atomic E-state index is 0.139. The molecule has 1 amide bonds. The average Bonchev–Trinajstić information content (AvgIpc) is 3.46. The molecular formula is C26H30ClF3N4O2. The van der Waals surface area contributed by atoms with E-state index in [0.717, 1.165) is 17.8 Å². The third-order valence-corrected chi connectivity index (χ3v) is 8.57. The number of amides is 1. The molecule has 3 aliphatic rings. The SMILES string of the molecule is Cc1cc(N[C@H]2C[C@H](C(=O)N[C@H](c3c(F)ccc(Cl)c3F)C34CCC(F)(CC3)C4)C[C@H]2O)nc(C)n1. The Bertz CT molecular complexity index is 1170. The number of aromatic nitrogens is 2. The number of halogens is 4. The lowest BCUT2D eigenvalue weighted by molar-refractivity contribution is -0.127. The summed E-state index contributed by atoms with van der Waals surface area (Å²) in [6, 6.07) is 2.49. The Morgan fingerprint density at radius 1 is 1.17 bits per heavy atom. The van der Waals surface area contributed by atoms with Crippen LogP contribution in [0.25, 0.3) is 0 Å². The van der Waals surface area contributed by atoms with Crippen LogP contribution in [-0.4, -0.2) is 38.8 Å². The van der Waals surface area contributed by atoms with Crippen LogP contribution in [0.2, 0.25) is 5.02 Å². The van der Waals surface area contributed by atoms with Crippen LogP contribution in [0.4, 0.5) is 19.0 Å². The first-order valence-electron chi connectivity index (χ1n) is 12.4. The maximum absolute atomic E-state index is 15.2. The zero-order valence-corrected chi connectivity index (χ0v) is 21.0. The highest BCUT2D eigenvalue weighted by Crippen LogP contribution is 2.63. The number of alkyl halides is 1. The van der Waals surface area contributed by atoms with Crippen molar-refractivity contribution in [3.63, 3.8) is 0 Å². The second kappa shape index (κ2) is 9.17. The largest absolute Gasteiger partial charge is 0.391 e. The molecule has 4 atom stereocenters. The zero-order valence-electron chi connectivity index (χ0n) is 20.3. The van der Waals surface area contributed by atoms with Crippen molar-refractivity contribution in [1.29, 1.82) is 0 Å². The fourth-order valence-electron chi connectivity index (χ4n) is 6.54. The van der Waals surface area contributed by atoms with E-state index in [1.54, 1.807) is 13.0 Å². The number of benzene rings is 1. The van der Waals surface area contributed by atoms with Crippen LogP contribution in [0.5, 0.6) is 0 Å². The molecule has 6 nitrogen and oxygen atoms in total. The van der Waals surface area contributed by atoms with Gasteiger partial charge in [-0.05, 0) is 76.3 Å². The summed E-state index contributed by atoms with van der Waals surface area (Å²) in [5.74, 6) is -1.62.